The Morgan fingerprint density at radius 1 is 1.41 bits per heavy atom. The summed E-state index contributed by atoms with van der Waals surface area (Å²) in [5, 5.41) is 18.4. The second-order valence-electron chi connectivity index (χ2n) is 3.53. The maximum absolute atomic E-state index is 11.2. The molecular weight excluding hydrogens is 218 g/mol. The van der Waals surface area contributed by atoms with Crippen molar-refractivity contribution in [1.82, 2.24) is 9.97 Å². The van der Waals surface area contributed by atoms with Gasteiger partial charge in [0.05, 0.1) is 0 Å². The molecular formula is C12H9N3O2. The monoisotopic (exact) mass is 227 g/mol. The second kappa shape index (κ2) is 4.49. The van der Waals surface area contributed by atoms with E-state index < -0.39 is 5.56 Å². The van der Waals surface area contributed by atoms with E-state index in [1.54, 1.807) is 24.5 Å². The van der Waals surface area contributed by atoms with Gasteiger partial charge >= 0.3 is 0 Å². The average molecular weight is 227 g/mol. The summed E-state index contributed by atoms with van der Waals surface area (Å²) in [5.41, 5.74) is 1.09. The number of nitriles is 1. The molecule has 17 heavy (non-hydrogen) atoms. The molecule has 2 aromatic rings. The molecule has 0 radical (unpaired) electrons. The Bertz CT molecular complexity index is 626. The van der Waals surface area contributed by atoms with Crippen LogP contribution < -0.4 is 5.56 Å². The molecule has 84 valence electrons. The van der Waals surface area contributed by atoms with Gasteiger partial charge in [0.1, 0.15) is 11.6 Å². The minimum absolute atomic E-state index is 0.0985. The fraction of sp³-hybridized carbons (Fsp3) is 0.0833. The second-order valence-corrected chi connectivity index (χ2v) is 3.53. The first-order valence-corrected chi connectivity index (χ1v) is 4.95. The zero-order chi connectivity index (χ0) is 12.3. The van der Waals surface area contributed by atoms with E-state index in [-0.39, 0.29) is 11.4 Å². The van der Waals surface area contributed by atoms with Crippen molar-refractivity contribution < 1.29 is 5.11 Å². The molecule has 0 unspecified atom stereocenters. The van der Waals surface area contributed by atoms with Gasteiger partial charge in [0.15, 0.2) is 0 Å². The quantitative estimate of drug-likeness (QED) is 0.798. The minimum Gasteiger partial charge on any atom is -0.494 e. The van der Waals surface area contributed by atoms with Crippen LogP contribution in [0.15, 0.2) is 35.4 Å². The number of aromatic hydroxyl groups is 1. The number of nitrogens with one attached hydrogen (secondary N) is 1. The van der Waals surface area contributed by atoms with Gasteiger partial charge in [-0.3, -0.25) is 14.8 Å². The van der Waals surface area contributed by atoms with E-state index in [2.05, 4.69) is 9.97 Å². The molecule has 0 aliphatic heterocycles. The normalized spacial score (nSPS) is 9.82. The molecule has 0 spiro atoms. The Balaban J connectivity index is 2.46. The van der Waals surface area contributed by atoms with Crippen LogP contribution in [-0.4, -0.2) is 15.1 Å². The molecule has 0 saturated heterocycles. The summed E-state index contributed by atoms with van der Waals surface area (Å²) in [6.07, 6.45) is 3.67. The maximum Gasteiger partial charge on any atom is 0.251 e. The highest BCUT2D eigenvalue weighted by Crippen LogP contribution is 2.17. The van der Waals surface area contributed by atoms with Crippen LogP contribution in [0.1, 0.15) is 16.7 Å². The summed E-state index contributed by atoms with van der Waals surface area (Å²) in [4.78, 5) is 17.3. The SMILES string of the molecule is N#Cc1c(Cc2ccncc2)cc(=O)[nH]c1O. The van der Waals surface area contributed by atoms with Gasteiger partial charge < -0.3 is 5.11 Å². The lowest BCUT2D eigenvalue weighted by Crippen LogP contribution is -2.08. The highest BCUT2D eigenvalue weighted by Gasteiger charge is 2.10. The van der Waals surface area contributed by atoms with E-state index in [4.69, 9.17) is 5.26 Å². The minimum atomic E-state index is -0.425. The standard InChI is InChI=1S/C12H9N3O2/c13-7-10-9(6-11(16)15-12(10)17)5-8-1-3-14-4-2-8/h1-4,6H,5H2,(H2,15,16,17). The lowest BCUT2D eigenvalue weighted by Gasteiger charge is -2.04. The Hall–Kier alpha value is -2.61. The van der Waals surface area contributed by atoms with Crippen molar-refractivity contribution >= 4 is 0 Å². The van der Waals surface area contributed by atoms with Gasteiger partial charge in [-0.25, -0.2) is 0 Å². The third kappa shape index (κ3) is 2.32. The summed E-state index contributed by atoms with van der Waals surface area (Å²) < 4.78 is 0. The summed E-state index contributed by atoms with van der Waals surface area (Å²) in [6, 6.07) is 6.78. The van der Waals surface area contributed by atoms with Crippen LogP contribution in [0.4, 0.5) is 0 Å². The average Bonchev–Trinajstić information content (AvgIpc) is 2.30. The van der Waals surface area contributed by atoms with Crippen LogP contribution in [-0.2, 0) is 6.42 Å². The van der Waals surface area contributed by atoms with E-state index in [0.29, 0.717) is 12.0 Å². The molecule has 0 saturated carbocycles. The Labute approximate surface area is 97.0 Å². The highest BCUT2D eigenvalue weighted by molar-refractivity contribution is 5.45. The highest BCUT2D eigenvalue weighted by atomic mass is 16.3. The molecule has 0 aliphatic carbocycles. The Kier molecular flexibility index (Phi) is 2.88. The third-order valence-corrected chi connectivity index (χ3v) is 2.36. The van der Waals surface area contributed by atoms with Gasteiger partial charge in [-0.05, 0) is 29.7 Å². The molecule has 0 bridgehead atoms. The van der Waals surface area contributed by atoms with Gasteiger partial charge in [0, 0.05) is 18.5 Å². The topological polar surface area (TPSA) is 89.8 Å². The Morgan fingerprint density at radius 2 is 2.12 bits per heavy atom. The molecule has 5 heteroatoms. The molecule has 2 aromatic heterocycles. The lowest BCUT2D eigenvalue weighted by molar-refractivity contribution is 0.449. The first-order chi connectivity index (χ1) is 8.20. The number of aromatic nitrogens is 2. The largest absolute Gasteiger partial charge is 0.494 e. The fourth-order valence-electron chi connectivity index (χ4n) is 1.58. The van der Waals surface area contributed by atoms with E-state index in [1.807, 2.05) is 6.07 Å². The van der Waals surface area contributed by atoms with Crippen molar-refractivity contribution in [1.29, 1.82) is 5.26 Å². The summed E-state index contributed by atoms with van der Waals surface area (Å²) in [5.74, 6) is -0.385. The van der Waals surface area contributed by atoms with E-state index >= 15 is 0 Å². The zero-order valence-electron chi connectivity index (χ0n) is 8.84. The molecule has 0 aromatic carbocycles. The number of hydrogen-bond acceptors (Lipinski definition) is 4. The molecule has 0 fully saturated rings. The van der Waals surface area contributed by atoms with Crippen molar-refractivity contribution in [3.05, 3.63) is 57.6 Å². The molecule has 2 N–H and O–H groups in total. The predicted molar refractivity (Wildman–Crippen MR) is 60.5 cm³/mol. The molecule has 0 aliphatic rings. The molecule has 2 rings (SSSR count). The Morgan fingerprint density at radius 3 is 2.76 bits per heavy atom. The first kappa shape index (κ1) is 10.9. The van der Waals surface area contributed by atoms with E-state index in [1.165, 1.54) is 6.07 Å². The molecule has 5 nitrogen and oxygen atoms in total. The van der Waals surface area contributed by atoms with Crippen LogP contribution in [0, 0.1) is 11.3 Å². The lowest BCUT2D eigenvalue weighted by atomic mass is 10.0. The smallest absolute Gasteiger partial charge is 0.251 e. The van der Waals surface area contributed by atoms with Gasteiger partial charge in [-0.15, -0.1) is 0 Å². The summed E-state index contributed by atoms with van der Waals surface area (Å²) in [7, 11) is 0. The van der Waals surface area contributed by atoms with Crippen molar-refractivity contribution in [3.8, 4) is 11.9 Å². The number of aromatic amines is 1. The van der Waals surface area contributed by atoms with Crippen LogP contribution in [0.2, 0.25) is 0 Å². The molecule has 0 atom stereocenters. The number of rotatable bonds is 2. The van der Waals surface area contributed by atoms with E-state index in [0.717, 1.165) is 5.56 Å². The third-order valence-electron chi connectivity index (χ3n) is 2.36. The van der Waals surface area contributed by atoms with Gasteiger partial charge in [-0.2, -0.15) is 5.26 Å². The first-order valence-electron chi connectivity index (χ1n) is 4.95. The van der Waals surface area contributed by atoms with Gasteiger partial charge in [-0.1, -0.05) is 0 Å². The predicted octanol–water partition coefficient (Wildman–Crippen LogP) is 0.938. The van der Waals surface area contributed by atoms with Crippen molar-refractivity contribution in [2.24, 2.45) is 0 Å². The van der Waals surface area contributed by atoms with Crippen LogP contribution in [0.3, 0.4) is 0 Å². The van der Waals surface area contributed by atoms with Gasteiger partial charge in [0.2, 0.25) is 5.88 Å². The molecule has 0 amide bonds. The van der Waals surface area contributed by atoms with E-state index in [9.17, 15) is 9.90 Å². The summed E-state index contributed by atoms with van der Waals surface area (Å²) >= 11 is 0. The van der Waals surface area contributed by atoms with Crippen molar-refractivity contribution in [2.75, 3.05) is 0 Å². The van der Waals surface area contributed by atoms with Crippen molar-refractivity contribution in [3.63, 3.8) is 0 Å². The number of H-pyrrole nitrogens is 1. The fourth-order valence-corrected chi connectivity index (χ4v) is 1.58. The number of pyridine rings is 2. The summed E-state index contributed by atoms with van der Waals surface area (Å²) in [6.45, 7) is 0. The van der Waals surface area contributed by atoms with Gasteiger partial charge in [0.25, 0.3) is 5.56 Å². The van der Waals surface area contributed by atoms with Crippen LogP contribution >= 0.6 is 0 Å². The maximum atomic E-state index is 11.2. The van der Waals surface area contributed by atoms with Crippen LogP contribution in [0.25, 0.3) is 0 Å². The number of hydrogen-bond donors (Lipinski definition) is 2. The molecule has 2 heterocycles. The van der Waals surface area contributed by atoms with Crippen LogP contribution in [0.5, 0.6) is 5.88 Å². The van der Waals surface area contributed by atoms with Crippen molar-refractivity contribution in [2.45, 2.75) is 6.42 Å². The number of nitrogens with zero attached hydrogens (tertiary/aromatic N) is 2. The zero-order valence-corrected chi connectivity index (χ0v) is 8.84.